The fourth-order valence-corrected chi connectivity index (χ4v) is 3.74. The fraction of sp³-hybridized carbons (Fsp3) is 0.474. The van der Waals surface area contributed by atoms with Gasteiger partial charge in [0.2, 0.25) is 0 Å². The number of nitrogens with zero attached hydrogens (tertiary/aromatic N) is 7. The molecule has 1 aliphatic heterocycles. The maximum absolute atomic E-state index is 4.81. The molecule has 1 saturated carbocycles. The van der Waals surface area contributed by atoms with Crippen molar-refractivity contribution in [2.45, 2.75) is 37.6 Å². The highest BCUT2D eigenvalue weighted by Crippen LogP contribution is 2.38. The first-order chi connectivity index (χ1) is 12.8. The van der Waals surface area contributed by atoms with Crippen molar-refractivity contribution >= 4 is 17.3 Å². The highest BCUT2D eigenvalue weighted by Gasteiger charge is 2.29. The summed E-state index contributed by atoms with van der Waals surface area (Å²) in [5, 5.41) is 4.23. The molecule has 0 spiro atoms. The number of hydrogen-bond donors (Lipinski definition) is 0. The van der Waals surface area contributed by atoms with Crippen molar-refractivity contribution in [1.82, 2.24) is 24.6 Å². The van der Waals surface area contributed by atoms with Crippen LogP contribution in [0.5, 0.6) is 0 Å². The zero-order valence-corrected chi connectivity index (χ0v) is 15.0. The molecule has 3 aromatic heterocycles. The van der Waals surface area contributed by atoms with Gasteiger partial charge in [-0.3, -0.25) is 0 Å². The molecule has 1 unspecified atom stereocenters. The van der Waals surface area contributed by atoms with Crippen LogP contribution in [0.15, 0.2) is 36.8 Å². The third-order valence-corrected chi connectivity index (χ3v) is 5.47. The van der Waals surface area contributed by atoms with Gasteiger partial charge in [-0.25, -0.2) is 19.5 Å². The molecular formula is C19H23N7. The second kappa shape index (κ2) is 6.23. The largest absolute Gasteiger partial charge is 0.355 e. The van der Waals surface area contributed by atoms with Gasteiger partial charge in [-0.1, -0.05) is 0 Å². The van der Waals surface area contributed by atoms with Gasteiger partial charge in [0.05, 0.1) is 6.20 Å². The lowest BCUT2D eigenvalue weighted by Gasteiger charge is -2.38. The summed E-state index contributed by atoms with van der Waals surface area (Å²) in [6.07, 6.45) is 10.5. The third-order valence-electron chi connectivity index (χ3n) is 5.47. The Bertz CT molecular complexity index is 917. The normalized spacial score (nSPS) is 20.5. The fourth-order valence-electron chi connectivity index (χ4n) is 3.74. The summed E-state index contributed by atoms with van der Waals surface area (Å²) in [6, 6.07) is 6.45. The van der Waals surface area contributed by atoms with Gasteiger partial charge in [0.15, 0.2) is 5.65 Å². The van der Waals surface area contributed by atoms with Crippen LogP contribution < -0.4 is 9.80 Å². The average Bonchev–Trinajstić information content (AvgIpc) is 3.45. The van der Waals surface area contributed by atoms with Crippen LogP contribution in [0.25, 0.3) is 5.65 Å². The molecule has 4 heterocycles. The molecule has 0 radical (unpaired) electrons. The minimum atomic E-state index is 0.425. The summed E-state index contributed by atoms with van der Waals surface area (Å²) >= 11 is 0. The molecule has 3 aromatic rings. The SMILES string of the molecule is CN(c1ccnc(C2CC2)n1)C1CCCN(c2ccn3nccc3n2)C1. The van der Waals surface area contributed by atoms with Gasteiger partial charge in [0.25, 0.3) is 0 Å². The summed E-state index contributed by atoms with van der Waals surface area (Å²) in [7, 11) is 2.15. The monoisotopic (exact) mass is 349 g/mol. The molecule has 0 amide bonds. The zero-order chi connectivity index (χ0) is 17.5. The van der Waals surface area contributed by atoms with E-state index >= 15 is 0 Å². The second-order valence-corrected chi connectivity index (χ2v) is 7.32. The van der Waals surface area contributed by atoms with Crippen LogP contribution in [0.3, 0.4) is 0 Å². The maximum atomic E-state index is 4.81. The molecule has 0 bridgehead atoms. The molecule has 1 aliphatic carbocycles. The topological polar surface area (TPSA) is 62.5 Å². The lowest BCUT2D eigenvalue weighted by atomic mass is 10.0. The van der Waals surface area contributed by atoms with Crippen molar-refractivity contribution in [1.29, 1.82) is 0 Å². The van der Waals surface area contributed by atoms with Crippen LogP contribution >= 0.6 is 0 Å². The van der Waals surface area contributed by atoms with Crippen molar-refractivity contribution in [2.75, 3.05) is 29.9 Å². The highest BCUT2D eigenvalue weighted by molar-refractivity contribution is 5.48. The van der Waals surface area contributed by atoms with Crippen molar-refractivity contribution < 1.29 is 0 Å². The first kappa shape index (κ1) is 15.5. The molecule has 7 heteroatoms. The van der Waals surface area contributed by atoms with Gasteiger partial charge in [-0.05, 0) is 37.8 Å². The number of likely N-dealkylation sites (N-methyl/N-ethyl adjacent to an activating group) is 1. The Morgan fingerprint density at radius 1 is 1.08 bits per heavy atom. The standard InChI is InChI=1S/C19H23N7/c1-24(16-6-9-20-19(23-16)14-4-5-14)15-3-2-11-25(13-15)17-8-12-26-18(22-17)7-10-21-26/h6-10,12,14-15H,2-5,11,13H2,1H3. The van der Waals surface area contributed by atoms with E-state index in [9.17, 15) is 0 Å². The van der Waals surface area contributed by atoms with Gasteiger partial charge in [0, 0.05) is 50.6 Å². The van der Waals surface area contributed by atoms with Gasteiger partial charge in [-0.15, -0.1) is 0 Å². The molecule has 7 nitrogen and oxygen atoms in total. The molecule has 1 saturated heterocycles. The van der Waals surface area contributed by atoms with Gasteiger partial charge in [-0.2, -0.15) is 5.10 Å². The van der Waals surface area contributed by atoms with Gasteiger partial charge < -0.3 is 9.80 Å². The van der Waals surface area contributed by atoms with Crippen molar-refractivity contribution in [3.05, 3.63) is 42.6 Å². The van der Waals surface area contributed by atoms with E-state index in [2.05, 4.69) is 33.0 Å². The summed E-state index contributed by atoms with van der Waals surface area (Å²) < 4.78 is 1.80. The van der Waals surface area contributed by atoms with Gasteiger partial charge >= 0.3 is 0 Å². The van der Waals surface area contributed by atoms with Crippen molar-refractivity contribution in [2.24, 2.45) is 0 Å². The molecular weight excluding hydrogens is 326 g/mol. The number of aromatic nitrogens is 5. The first-order valence-electron chi connectivity index (χ1n) is 9.39. The number of anilines is 2. The molecule has 1 atom stereocenters. The molecule has 5 rings (SSSR count). The smallest absolute Gasteiger partial charge is 0.157 e. The number of fused-ring (bicyclic) bond motifs is 1. The Balaban J connectivity index is 1.35. The van der Waals surface area contributed by atoms with Gasteiger partial charge in [0.1, 0.15) is 17.5 Å². The third kappa shape index (κ3) is 2.87. The van der Waals surface area contributed by atoms with Crippen molar-refractivity contribution in [3.63, 3.8) is 0 Å². The molecule has 0 aromatic carbocycles. The summed E-state index contributed by atoms with van der Waals surface area (Å²) in [6.45, 7) is 2.00. The Morgan fingerprint density at radius 3 is 2.88 bits per heavy atom. The Morgan fingerprint density at radius 2 is 2.00 bits per heavy atom. The quantitative estimate of drug-likeness (QED) is 0.721. The van der Waals surface area contributed by atoms with Crippen LogP contribution in [-0.4, -0.2) is 50.7 Å². The van der Waals surface area contributed by atoms with E-state index in [4.69, 9.17) is 9.97 Å². The van der Waals surface area contributed by atoms with Crippen LogP contribution in [0.1, 0.15) is 37.4 Å². The van der Waals surface area contributed by atoms with E-state index in [1.807, 2.05) is 24.5 Å². The highest BCUT2D eigenvalue weighted by atomic mass is 15.3. The summed E-state index contributed by atoms with van der Waals surface area (Å²) in [5.41, 5.74) is 0.892. The summed E-state index contributed by atoms with van der Waals surface area (Å²) in [4.78, 5) is 18.7. The Hall–Kier alpha value is -2.70. The van der Waals surface area contributed by atoms with Crippen molar-refractivity contribution in [3.8, 4) is 0 Å². The van der Waals surface area contributed by atoms with Crippen LogP contribution in [0.4, 0.5) is 11.6 Å². The maximum Gasteiger partial charge on any atom is 0.157 e. The predicted molar refractivity (Wildman–Crippen MR) is 101 cm³/mol. The van der Waals surface area contributed by atoms with E-state index in [1.165, 1.54) is 19.3 Å². The lowest BCUT2D eigenvalue weighted by molar-refractivity contribution is 0.483. The van der Waals surface area contributed by atoms with E-state index in [0.29, 0.717) is 12.0 Å². The average molecular weight is 349 g/mol. The first-order valence-corrected chi connectivity index (χ1v) is 9.39. The minimum absolute atomic E-state index is 0.425. The Kier molecular flexibility index (Phi) is 3.72. The van der Waals surface area contributed by atoms with Crippen LogP contribution in [-0.2, 0) is 0 Å². The molecule has 2 aliphatic rings. The number of rotatable bonds is 4. The molecule has 26 heavy (non-hydrogen) atoms. The predicted octanol–water partition coefficient (Wildman–Crippen LogP) is 2.50. The molecule has 2 fully saturated rings. The minimum Gasteiger partial charge on any atom is -0.355 e. The molecule has 0 N–H and O–H groups in total. The van der Waals surface area contributed by atoms with Crippen LogP contribution in [0, 0.1) is 0 Å². The van der Waals surface area contributed by atoms with Crippen LogP contribution in [0.2, 0.25) is 0 Å². The van der Waals surface area contributed by atoms with E-state index < -0.39 is 0 Å². The van der Waals surface area contributed by atoms with E-state index in [-0.39, 0.29) is 0 Å². The summed E-state index contributed by atoms with van der Waals surface area (Å²) in [5.74, 6) is 3.65. The lowest BCUT2D eigenvalue weighted by Crippen LogP contribution is -2.47. The number of piperidine rings is 1. The van der Waals surface area contributed by atoms with E-state index in [1.54, 1.807) is 10.7 Å². The van der Waals surface area contributed by atoms with E-state index in [0.717, 1.165) is 42.6 Å². The molecule has 134 valence electrons. The Labute approximate surface area is 152 Å². The zero-order valence-electron chi connectivity index (χ0n) is 15.0. The second-order valence-electron chi connectivity index (χ2n) is 7.32. The number of hydrogen-bond acceptors (Lipinski definition) is 6.